The topological polar surface area (TPSA) is 0 Å². The van der Waals surface area contributed by atoms with Gasteiger partial charge in [-0.15, -0.1) is 0 Å². The minimum absolute atomic E-state index is 0. The third-order valence-electron chi connectivity index (χ3n) is 0. The Morgan fingerprint density at radius 3 is 1.17 bits per heavy atom. The second-order valence-electron chi connectivity index (χ2n) is 0. The fraction of sp³-hybridized carbons (Fsp3) is 0. The third-order valence-corrected chi connectivity index (χ3v) is 0. The summed E-state index contributed by atoms with van der Waals surface area (Å²) in [7, 11) is 5.44. The molecule has 0 rings (SSSR count). The summed E-state index contributed by atoms with van der Waals surface area (Å²) < 4.78 is 0. The Labute approximate surface area is 89.2 Å². The van der Waals surface area contributed by atoms with Crippen LogP contribution in [-0.2, 0) is 72.7 Å². The molecule has 0 amide bonds. The van der Waals surface area contributed by atoms with E-state index in [0.29, 0.717) is 0 Å². The van der Waals surface area contributed by atoms with Gasteiger partial charge < -0.3 is 0 Å². The maximum absolute atomic E-state index is 4.64. The van der Waals surface area contributed by atoms with E-state index < -0.39 is 0 Å². The molecule has 0 aromatic carbocycles. The minimum atomic E-state index is 0. The molecular formula is H3BCoFeNbNiSi. The summed E-state index contributed by atoms with van der Waals surface area (Å²) in [6, 6.07) is 0. The van der Waals surface area contributed by atoms with Crippen LogP contribution in [0.25, 0.3) is 0 Å². The van der Waals surface area contributed by atoms with Crippen LogP contribution in [0.2, 0.25) is 0 Å². The third kappa shape index (κ3) is 31.1. The van der Waals surface area contributed by atoms with E-state index >= 15 is 0 Å². The van der Waals surface area contributed by atoms with Crippen LogP contribution >= 0.6 is 0 Å². The van der Waals surface area contributed by atoms with Crippen molar-refractivity contribution in [2.45, 2.75) is 0 Å². The predicted octanol–water partition coefficient (Wildman–Crippen LogP) is -1.57. The van der Waals surface area contributed by atoms with Crippen molar-refractivity contribution in [3.8, 4) is 0 Å². The molecule has 0 heterocycles. The van der Waals surface area contributed by atoms with Crippen LogP contribution in [0.4, 0.5) is 0 Å². The molecule has 42 valence electrons. The van der Waals surface area contributed by atoms with Gasteiger partial charge in [0.1, 0.15) is 0 Å². The Bertz CT molecular complexity index is 15.5. The molecule has 0 saturated carbocycles. The molecule has 0 fully saturated rings. The van der Waals surface area contributed by atoms with Crippen LogP contribution < -0.4 is 0 Å². The SMILES string of the molecule is [B][SiH3].[Co].[Fe].[Nb].[Ni]. The fourth-order valence-electron chi connectivity index (χ4n) is 0. The second kappa shape index (κ2) is 50.0. The van der Waals surface area contributed by atoms with Crippen LogP contribution in [0.3, 0.4) is 0 Å². The molecule has 0 saturated heterocycles. The van der Waals surface area contributed by atoms with Gasteiger partial charge in [0, 0.05) is 80.2 Å². The Kier molecular flexibility index (Phi) is 323. The molecule has 0 N–H and O–H groups in total. The number of hydrogen-bond donors (Lipinski definition) is 0. The Balaban J connectivity index is -0.000000000833. The zero-order valence-electron chi connectivity index (χ0n) is 3.03. The van der Waals surface area contributed by atoms with Crippen molar-refractivity contribution in [2.75, 3.05) is 0 Å². The van der Waals surface area contributed by atoms with Gasteiger partial charge in [-0.05, 0) is 10.1 Å². The summed E-state index contributed by atoms with van der Waals surface area (Å²) in [5.41, 5.74) is 0. The summed E-state index contributed by atoms with van der Waals surface area (Å²) in [4.78, 5) is 0. The van der Waals surface area contributed by atoms with Gasteiger partial charge in [0.25, 0.3) is 0 Å². The molecule has 0 aromatic heterocycles. The molecule has 0 aromatic rings. The Morgan fingerprint density at radius 1 is 1.17 bits per heavy atom. The molecule has 0 atom stereocenters. The van der Waals surface area contributed by atoms with Crippen LogP contribution in [0, 0.1) is 0 Å². The summed E-state index contributed by atoms with van der Waals surface area (Å²) >= 11 is 0. The van der Waals surface area contributed by atoms with Crippen molar-refractivity contribution in [3.05, 3.63) is 0 Å². The van der Waals surface area contributed by atoms with E-state index in [2.05, 4.69) is 7.44 Å². The first-order valence-electron chi connectivity index (χ1n) is 0.577. The van der Waals surface area contributed by atoms with Crippen molar-refractivity contribution in [1.82, 2.24) is 0 Å². The Morgan fingerprint density at radius 2 is 1.17 bits per heavy atom. The first-order valence-corrected chi connectivity index (χ1v) is 1.73. The van der Waals surface area contributed by atoms with E-state index in [1.54, 1.807) is 0 Å². The maximum Gasteiger partial charge on any atom is 0.0434 e. The van der Waals surface area contributed by atoms with Gasteiger partial charge in [-0.25, -0.2) is 0 Å². The largest absolute Gasteiger partial charge is 0.0434 e. The van der Waals surface area contributed by atoms with Crippen LogP contribution in [0.15, 0.2) is 0 Å². The quantitative estimate of drug-likeness (QED) is 0.474. The normalized spacial score (nSPS) is 1.33. The molecule has 0 aliphatic carbocycles. The molecular weight excluding hydrogens is 305 g/mol. The van der Waals surface area contributed by atoms with E-state index in [4.69, 9.17) is 0 Å². The molecule has 0 nitrogen and oxygen atoms in total. The maximum atomic E-state index is 4.64. The molecule has 6 heteroatoms. The predicted molar refractivity (Wildman–Crippen MR) is 15.7 cm³/mol. The van der Waals surface area contributed by atoms with Crippen molar-refractivity contribution >= 4 is 17.6 Å². The second-order valence-corrected chi connectivity index (χ2v) is 0. The summed E-state index contributed by atoms with van der Waals surface area (Å²) in [6.07, 6.45) is 0. The van der Waals surface area contributed by atoms with Gasteiger partial charge in [0.05, 0.1) is 0 Å². The van der Waals surface area contributed by atoms with E-state index in [1.165, 1.54) is 0 Å². The average Bonchev–Trinajstić information content (AvgIpc) is 1.00. The van der Waals surface area contributed by atoms with E-state index in [-0.39, 0.29) is 72.7 Å². The van der Waals surface area contributed by atoms with Gasteiger partial charge in [-0.1, -0.05) is 0 Å². The molecule has 4 radical (unpaired) electrons. The zero-order valence-corrected chi connectivity index (χ0v) is 10.4. The van der Waals surface area contributed by atoms with Gasteiger partial charge in [0.15, 0.2) is 0 Å². The van der Waals surface area contributed by atoms with Crippen LogP contribution in [0.1, 0.15) is 0 Å². The summed E-state index contributed by atoms with van der Waals surface area (Å²) in [5, 5.41) is 0. The van der Waals surface area contributed by atoms with Gasteiger partial charge >= 0.3 is 0 Å². The van der Waals surface area contributed by atoms with Gasteiger partial charge in [0.2, 0.25) is 0 Å². The molecule has 6 heavy (non-hydrogen) atoms. The monoisotopic (exact) mass is 308 g/mol. The standard InChI is InChI=1S/BH3Si.Co.Fe.Nb.Ni/c1-2;;;;/h2H3;;;;. The summed E-state index contributed by atoms with van der Waals surface area (Å²) in [6.45, 7) is 0. The molecule has 0 aliphatic heterocycles. The van der Waals surface area contributed by atoms with E-state index in [9.17, 15) is 0 Å². The van der Waals surface area contributed by atoms with Crippen LogP contribution in [-0.4, -0.2) is 17.6 Å². The number of hydrogen-bond acceptors (Lipinski definition) is 0. The van der Waals surface area contributed by atoms with Crippen molar-refractivity contribution in [3.63, 3.8) is 0 Å². The van der Waals surface area contributed by atoms with Crippen molar-refractivity contribution in [2.24, 2.45) is 0 Å². The molecule has 0 spiro atoms. The van der Waals surface area contributed by atoms with Gasteiger partial charge in [-0.3, -0.25) is 0 Å². The molecule has 0 aliphatic rings. The first-order chi connectivity index (χ1) is 1.00. The Hall–Kier alpha value is 2.54. The van der Waals surface area contributed by atoms with Crippen molar-refractivity contribution in [1.29, 1.82) is 0 Å². The summed E-state index contributed by atoms with van der Waals surface area (Å²) in [5.74, 6) is 0. The van der Waals surface area contributed by atoms with Crippen molar-refractivity contribution < 1.29 is 72.7 Å². The van der Waals surface area contributed by atoms with Crippen LogP contribution in [0.5, 0.6) is 0 Å². The van der Waals surface area contributed by atoms with Gasteiger partial charge in [-0.2, -0.15) is 0 Å². The number of rotatable bonds is 0. The molecule has 0 unspecified atom stereocenters. The van der Waals surface area contributed by atoms with E-state index in [0.717, 1.165) is 10.1 Å². The average molecular weight is 308 g/mol. The molecule has 0 bridgehead atoms. The smallest absolute Gasteiger partial charge is 0.0388 e. The fourth-order valence-corrected chi connectivity index (χ4v) is 0. The zero-order chi connectivity index (χ0) is 2.00. The van der Waals surface area contributed by atoms with E-state index in [1.807, 2.05) is 0 Å². The first kappa shape index (κ1) is 38.7. The minimum Gasteiger partial charge on any atom is -0.0388 e.